The quantitative estimate of drug-likeness (QED) is 0.209. The van der Waals surface area contributed by atoms with Crippen LogP contribution in [-0.4, -0.2) is 41.8 Å². The van der Waals surface area contributed by atoms with Crippen LogP contribution in [0.5, 0.6) is 0 Å². The van der Waals surface area contributed by atoms with Crippen molar-refractivity contribution in [3.63, 3.8) is 0 Å². The number of nitrogens with zero attached hydrogens (tertiary/aromatic N) is 3. The molecule has 4 N–H and O–H groups in total. The van der Waals surface area contributed by atoms with E-state index in [0.29, 0.717) is 5.56 Å². The van der Waals surface area contributed by atoms with E-state index in [1.807, 2.05) is 5.32 Å². The van der Waals surface area contributed by atoms with Gasteiger partial charge in [-0.25, -0.2) is 0 Å². The van der Waals surface area contributed by atoms with Crippen LogP contribution in [0, 0.1) is 11.5 Å². The van der Waals surface area contributed by atoms with Gasteiger partial charge in [0.05, 0.1) is 18.2 Å². The molecule has 2 aromatic carbocycles. The summed E-state index contributed by atoms with van der Waals surface area (Å²) in [6.07, 6.45) is -8.22. The van der Waals surface area contributed by atoms with Gasteiger partial charge in [0.15, 0.2) is 6.19 Å². The maximum atomic E-state index is 13.7. The van der Waals surface area contributed by atoms with E-state index >= 15 is 0 Å². The summed E-state index contributed by atoms with van der Waals surface area (Å²) in [6.45, 7) is 1.29. The number of carbonyl (C=O) groups excluding carboxylic acids is 2. The molecule has 0 bridgehead atoms. The molecule has 0 aliphatic carbocycles. The highest BCUT2D eigenvalue weighted by atomic mass is 19.4. The van der Waals surface area contributed by atoms with E-state index in [-0.39, 0.29) is 30.8 Å². The first-order valence-corrected chi connectivity index (χ1v) is 11.4. The number of carbonyl (C=O) groups is 2. The van der Waals surface area contributed by atoms with Gasteiger partial charge < -0.3 is 16.0 Å². The Kier molecular flexibility index (Phi) is 8.53. The summed E-state index contributed by atoms with van der Waals surface area (Å²) in [7, 11) is 0. The maximum Gasteiger partial charge on any atom is 0.431 e. The van der Waals surface area contributed by atoms with Crippen molar-refractivity contribution in [3.05, 3.63) is 82.1 Å². The third kappa shape index (κ3) is 7.07. The highest BCUT2D eigenvalue weighted by molar-refractivity contribution is 6.21. The zero-order valence-corrected chi connectivity index (χ0v) is 20.3. The van der Waals surface area contributed by atoms with Gasteiger partial charge >= 0.3 is 12.4 Å². The van der Waals surface area contributed by atoms with Crippen molar-refractivity contribution >= 4 is 17.6 Å². The summed E-state index contributed by atoms with van der Waals surface area (Å²) in [5.74, 6) is -2.25. The average Bonchev–Trinajstić information content (AvgIpc) is 3.30. The minimum Gasteiger partial charge on any atom is -0.394 e. The summed E-state index contributed by atoms with van der Waals surface area (Å²) in [4.78, 5) is 30.2. The number of nitriles is 1. The fourth-order valence-corrected chi connectivity index (χ4v) is 3.82. The number of aliphatic imine (C=N–C) groups is 1. The molecule has 1 aliphatic rings. The molecule has 0 fully saturated rings. The third-order valence-electron chi connectivity index (χ3n) is 5.77. The molecule has 0 saturated heterocycles. The Balaban J connectivity index is 1.87. The number of alkyl halides is 6. The van der Waals surface area contributed by atoms with Crippen molar-refractivity contribution < 1.29 is 35.9 Å². The number of amidine groups is 1. The molecular weight excluding hydrogens is 530 g/mol. The number of benzene rings is 2. The second-order valence-electron chi connectivity index (χ2n) is 8.49. The fraction of sp³-hybridized carbons (Fsp3) is 0.280. The van der Waals surface area contributed by atoms with Gasteiger partial charge in [0.25, 0.3) is 11.8 Å². The fourth-order valence-electron chi connectivity index (χ4n) is 3.82. The molecule has 0 aromatic heterocycles. The molecular formula is C25H22F6N6O2. The summed E-state index contributed by atoms with van der Waals surface area (Å²) in [6, 6.07) is 9.07. The Labute approximate surface area is 218 Å². The number of amides is 2. The molecule has 14 heteroatoms. The van der Waals surface area contributed by atoms with Gasteiger partial charge in [0.1, 0.15) is 17.1 Å². The molecule has 39 heavy (non-hydrogen) atoms. The number of hydrogen-bond donors (Lipinski definition) is 3. The van der Waals surface area contributed by atoms with Crippen molar-refractivity contribution in [2.75, 3.05) is 13.1 Å². The molecule has 0 spiro atoms. The van der Waals surface area contributed by atoms with E-state index in [1.165, 1.54) is 54.4 Å². The first-order chi connectivity index (χ1) is 18.2. The van der Waals surface area contributed by atoms with Crippen molar-refractivity contribution in [1.29, 1.82) is 5.26 Å². The second kappa shape index (κ2) is 11.5. The number of nitrogens with one attached hydrogen (secondary N) is 2. The molecule has 1 aliphatic heterocycles. The number of nitrogens with two attached hydrogens (primary N) is 1. The zero-order chi connectivity index (χ0) is 29.0. The van der Waals surface area contributed by atoms with E-state index in [9.17, 15) is 35.9 Å². The van der Waals surface area contributed by atoms with Crippen molar-refractivity contribution in [2.45, 2.75) is 31.9 Å². The van der Waals surface area contributed by atoms with E-state index in [2.05, 4.69) is 10.3 Å². The lowest BCUT2D eigenvalue weighted by molar-refractivity contribution is -0.137. The smallest absolute Gasteiger partial charge is 0.394 e. The monoisotopic (exact) mass is 552 g/mol. The van der Waals surface area contributed by atoms with E-state index < -0.39 is 52.9 Å². The van der Waals surface area contributed by atoms with Crippen LogP contribution in [0.4, 0.5) is 26.3 Å². The molecule has 3 rings (SSSR count). The summed E-state index contributed by atoms with van der Waals surface area (Å²) < 4.78 is 80.4. The van der Waals surface area contributed by atoms with Crippen LogP contribution in [0.3, 0.4) is 0 Å². The average molecular weight is 552 g/mol. The molecule has 206 valence electrons. The molecule has 0 radical (unpaired) electrons. The predicted molar refractivity (Wildman–Crippen MR) is 128 cm³/mol. The van der Waals surface area contributed by atoms with Gasteiger partial charge in [0.2, 0.25) is 0 Å². The van der Waals surface area contributed by atoms with Gasteiger partial charge in [-0.3, -0.25) is 19.9 Å². The highest BCUT2D eigenvalue weighted by Gasteiger charge is 2.40. The minimum atomic E-state index is -5.10. The largest absolute Gasteiger partial charge is 0.431 e. The third-order valence-corrected chi connectivity index (χ3v) is 5.77. The van der Waals surface area contributed by atoms with Gasteiger partial charge in [-0.2, -0.15) is 31.6 Å². The SMILES string of the molecule is CC(NC(=O)C(C1=NCCN1Cc1cccc(C(F)(F)F)c1)=C(N)C(F)(F)F)c1ccc(C(=O)NC#N)cc1. The van der Waals surface area contributed by atoms with Crippen LogP contribution >= 0.6 is 0 Å². The molecule has 2 aromatic rings. The Morgan fingerprint density at radius 3 is 2.38 bits per heavy atom. The topological polar surface area (TPSA) is 124 Å². The number of hydrogen-bond acceptors (Lipinski definition) is 6. The van der Waals surface area contributed by atoms with Crippen molar-refractivity contribution in [3.8, 4) is 6.19 Å². The van der Waals surface area contributed by atoms with Crippen LogP contribution in [0.25, 0.3) is 0 Å². The van der Waals surface area contributed by atoms with Crippen molar-refractivity contribution in [2.24, 2.45) is 10.7 Å². The predicted octanol–water partition coefficient (Wildman–Crippen LogP) is 3.78. The molecule has 1 heterocycles. The van der Waals surface area contributed by atoms with E-state index in [4.69, 9.17) is 11.0 Å². The Morgan fingerprint density at radius 2 is 1.79 bits per heavy atom. The van der Waals surface area contributed by atoms with Crippen LogP contribution in [0.15, 0.2) is 64.8 Å². The van der Waals surface area contributed by atoms with Gasteiger partial charge in [-0.05, 0) is 42.3 Å². The first-order valence-electron chi connectivity index (χ1n) is 11.4. The summed E-state index contributed by atoms with van der Waals surface area (Å²) in [5, 5.41) is 12.9. The van der Waals surface area contributed by atoms with Crippen LogP contribution in [0.2, 0.25) is 0 Å². The molecule has 1 unspecified atom stereocenters. The second-order valence-corrected chi connectivity index (χ2v) is 8.49. The zero-order valence-electron chi connectivity index (χ0n) is 20.3. The minimum absolute atomic E-state index is 0.00200. The van der Waals surface area contributed by atoms with Gasteiger partial charge in [-0.15, -0.1) is 0 Å². The molecule has 1 atom stereocenters. The van der Waals surface area contributed by atoms with Crippen LogP contribution < -0.4 is 16.4 Å². The lowest BCUT2D eigenvalue weighted by atomic mass is 10.0. The first kappa shape index (κ1) is 29.0. The normalized spacial score (nSPS) is 15.1. The van der Waals surface area contributed by atoms with Gasteiger partial charge in [0, 0.05) is 18.7 Å². The molecule has 8 nitrogen and oxygen atoms in total. The lowest BCUT2D eigenvalue weighted by Crippen LogP contribution is -2.40. The molecule has 2 amide bonds. The Morgan fingerprint density at radius 1 is 1.13 bits per heavy atom. The van der Waals surface area contributed by atoms with Crippen molar-refractivity contribution in [1.82, 2.24) is 15.5 Å². The van der Waals surface area contributed by atoms with E-state index in [1.54, 1.807) is 0 Å². The van der Waals surface area contributed by atoms with Gasteiger partial charge in [-0.1, -0.05) is 24.3 Å². The number of rotatable bonds is 7. The summed E-state index contributed by atoms with van der Waals surface area (Å²) >= 11 is 0. The Bertz CT molecular complexity index is 1340. The van der Waals surface area contributed by atoms with E-state index in [0.717, 1.165) is 12.1 Å². The Hall–Kier alpha value is -4.54. The molecule has 0 saturated carbocycles. The number of allylic oxidation sites excluding steroid dienone is 1. The maximum absolute atomic E-state index is 13.7. The van der Waals surface area contributed by atoms with Crippen LogP contribution in [-0.2, 0) is 17.5 Å². The lowest BCUT2D eigenvalue weighted by Gasteiger charge is -2.25. The van der Waals surface area contributed by atoms with Crippen LogP contribution in [0.1, 0.15) is 40.0 Å². The summed E-state index contributed by atoms with van der Waals surface area (Å²) in [5.41, 5.74) is 2.52. The highest BCUT2D eigenvalue weighted by Crippen LogP contribution is 2.31. The standard InChI is InChI=1S/C25H22F6N6O2/c1-14(16-5-7-17(8-6-16)22(38)35-13-32)36-23(39)19(20(33)25(29,30)31)21-34-9-10-37(21)12-15-3-2-4-18(11-15)24(26,27)28/h2-8,11,14H,9-10,12,33H2,1H3,(H,35,38)(H,36,39). The number of halogens is 6.